The molecule has 2 aromatic heterocycles. The molecule has 30 heavy (non-hydrogen) atoms. The van der Waals surface area contributed by atoms with Gasteiger partial charge in [0.1, 0.15) is 17.0 Å². The number of nitrogens with one attached hydrogen (secondary N) is 1. The summed E-state index contributed by atoms with van der Waals surface area (Å²) in [7, 11) is 0. The number of pyridine rings is 1. The fourth-order valence-corrected chi connectivity index (χ4v) is 3.15. The van der Waals surface area contributed by atoms with Gasteiger partial charge in [0, 0.05) is 17.6 Å². The van der Waals surface area contributed by atoms with Crippen LogP contribution in [0.25, 0.3) is 5.69 Å². The second kappa shape index (κ2) is 8.99. The number of nitriles is 1. The molecule has 0 unspecified atom stereocenters. The van der Waals surface area contributed by atoms with E-state index in [-0.39, 0.29) is 15.7 Å². The first-order valence-corrected chi connectivity index (χ1v) is 9.54. The molecule has 3 aromatic rings. The number of para-hydroxylation sites is 1. The maximum absolute atomic E-state index is 12.5. The van der Waals surface area contributed by atoms with Gasteiger partial charge in [-0.1, -0.05) is 41.4 Å². The standard InChI is InChI=1S/C21H16Cl2N4O3/c1-12-13(2)27(15-6-4-3-5-7-15)20(16(12)9-24)26-18(28)11-30-21(29)14-8-17(22)19(23)25-10-14/h3-8,10H,11H2,1-2H3,(H,26,28). The summed E-state index contributed by atoms with van der Waals surface area (Å²) in [6.45, 7) is 3.11. The molecule has 0 aliphatic carbocycles. The van der Waals surface area contributed by atoms with Gasteiger partial charge in [0.2, 0.25) is 0 Å². The molecule has 1 aromatic carbocycles. The van der Waals surface area contributed by atoms with E-state index in [1.54, 1.807) is 11.5 Å². The largest absolute Gasteiger partial charge is 0.452 e. The molecule has 152 valence electrons. The highest BCUT2D eigenvalue weighted by Gasteiger charge is 2.21. The molecule has 7 nitrogen and oxygen atoms in total. The topological polar surface area (TPSA) is 97.0 Å². The molecule has 9 heteroatoms. The zero-order chi connectivity index (χ0) is 21.8. The van der Waals surface area contributed by atoms with Crippen LogP contribution in [-0.4, -0.2) is 28.0 Å². The number of ether oxygens (including phenoxy) is 1. The molecule has 0 bridgehead atoms. The second-order valence-electron chi connectivity index (χ2n) is 6.34. The van der Waals surface area contributed by atoms with E-state index in [1.807, 2.05) is 37.3 Å². The van der Waals surface area contributed by atoms with E-state index in [2.05, 4.69) is 16.4 Å². The number of anilines is 1. The zero-order valence-electron chi connectivity index (χ0n) is 16.1. The van der Waals surface area contributed by atoms with Crippen molar-refractivity contribution in [3.05, 3.63) is 75.2 Å². The molecule has 3 rings (SSSR count). The lowest BCUT2D eigenvalue weighted by Gasteiger charge is -2.13. The molecule has 1 N–H and O–H groups in total. The van der Waals surface area contributed by atoms with Gasteiger partial charge in [-0.2, -0.15) is 5.26 Å². The van der Waals surface area contributed by atoms with Crippen LogP contribution in [0.1, 0.15) is 27.2 Å². The van der Waals surface area contributed by atoms with Gasteiger partial charge in [0.15, 0.2) is 6.61 Å². The Morgan fingerprint density at radius 2 is 1.93 bits per heavy atom. The molecule has 0 fully saturated rings. The van der Waals surface area contributed by atoms with Crippen LogP contribution in [0.5, 0.6) is 0 Å². The normalized spacial score (nSPS) is 10.4. The summed E-state index contributed by atoms with van der Waals surface area (Å²) in [5.74, 6) is -1.05. The van der Waals surface area contributed by atoms with Crippen LogP contribution in [0.15, 0.2) is 42.6 Å². The van der Waals surface area contributed by atoms with Crippen molar-refractivity contribution in [3.8, 4) is 11.8 Å². The summed E-state index contributed by atoms with van der Waals surface area (Å²) in [5, 5.41) is 12.4. The molecular formula is C21H16Cl2N4O3. The Labute approximate surface area is 182 Å². The predicted octanol–water partition coefficient (Wildman–Crippen LogP) is 4.46. The van der Waals surface area contributed by atoms with Gasteiger partial charge in [0.05, 0.1) is 16.1 Å². The molecule has 0 atom stereocenters. The SMILES string of the molecule is Cc1c(C#N)c(NC(=O)COC(=O)c2cnc(Cl)c(Cl)c2)n(-c2ccccc2)c1C. The van der Waals surface area contributed by atoms with Crippen molar-refractivity contribution in [2.24, 2.45) is 0 Å². The number of aromatic nitrogens is 2. The Hall–Kier alpha value is -3.34. The number of carbonyl (C=O) groups excluding carboxylic acids is 2. The van der Waals surface area contributed by atoms with E-state index in [1.165, 1.54) is 12.3 Å². The van der Waals surface area contributed by atoms with E-state index >= 15 is 0 Å². The van der Waals surface area contributed by atoms with Crippen molar-refractivity contribution >= 4 is 40.9 Å². The fraction of sp³-hybridized carbons (Fsp3) is 0.143. The summed E-state index contributed by atoms with van der Waals surface area (Å²) in [4.78, 5) is 28.4. The minimum Gasteiger partial charge on any atom is -0.452 e. The van der Waals surface area contributed by atoms with Crippen LogP contribution < -0.4 is 5.32 Å². The Balaban J connectivity index is 1.80. The first-order valence-electron chi connectivity index (χ1n) is 8.79. The van der Waals surface area contributed by atoms with Crippen LogP contribution in [0, 0.1) is 25.2 Å². The average molecular weight is 443 g/mol. The van der Waals surface area contributed by atoms with E-state index in [0.717, 1.165) is 16.9 Å². The Morgan fingerprint density at radius 3 is 2.57 bits per heavy atom. The van der Waals surface area contributed by atoms with Gasteiger partial charge >= 0.3 is 5.97 Å². The monoisotopic (exact) mass is 442 g/mol. The lowest BCUT2D eigenvalue weighted by Crippen LogP contribution is -2.23. The molecule has 0 aliphatic rings. The van der Waals surface area contributed by atoms with Crippen LogP contribution in [0.2, 0.25) is 10.2 Å². The van der Waals surface area contributed by atoms with Gasteiger partial charge in [-0.05, 0) is 37.6 Å². The quantitative estimate of drug-likeness (QED) is 0.464. The maximum atomic E-state index is 12.5. The van der Waals surface area contributed by atoms with Crippen molar-refractivity contribution in [3.63, 3.8) is 0 Å². The number of benzene rings is 1. The third-order valence-corrected chi connectivity index (χ3v) is 5.15. The van der Waals surface area contributed by atoms with Crippen molar-refractivity contribution in [1.82, 2.24) is 9.55 Å². The third-order valence-electron chi connectivity index (χ3n) is 4.46. The van der Waals surface area contributed by atoms with Crippen LogP contribution in [0.4, 0.5) is 5.82 Å². The number of carbonyl (C=O) groups is 2. The van der Waals surface area contributed by atoms with Crippen molar-refractivity contribution < 1.29 is 14.3 Å². The minimum absolute atomic E-state index is 0.0578. The summed E-state index contributed by atoms with van der Waals surface area (Å²) in [5.41, 5.74) is 2.75. The summed E-state index contributed by atoms with van der Waals surface area (Å²) < 4.78 is 6.80. The summed E-state index contributed by atoms with van der Waals surface area (Å²) in [6.07, 6.45) is 1.20. The molecule has 0 spiro atoms. The Morgan fingerprint density at radius 1 is 1.23 bits per heavy atom. The molecule has 2 heterocycles. The highest BCUT2D eigenvalue weighted by molar-refractivity contribution is 6.41. The first kappa shape index (κ1) is 21.4. The van der Waals surface area contributed by atoms with Crippen LogP contribution in [-0.2, 0) is 9.53 Å². The number of esters is 1. The minimum atomic E-state index is -0.775. The Bertz CT molecular complexity index is 1170. The van der Waals surface area contributed by atoms with Crippen molar-refractivity contribution in [2.75, 3.05) is 11.9 Å². The van der Waals surface area contributed by atoms with Crippen molar-refractivity contribution in [2.45, 2.75) is 13.8 Å². The number of halogens is 2. The predicted molar refractivity (Wildman–Crippen MR) is 113 cm³/mol. The number of hydrogen-bond acceptors (Lipinski definition) is 5. The third kappa shape index (κ3) is 4.30. The molecule has 1 amide bonds. The smallest absolute Gasteiger partial charge is 0.340 e. The maximum Gasteiger partial charge on any atom is 0.340 e. The van der Waals surface area contributed by atoms with Gasteiger partial charge in [-0.25, -0.2) is 9.78 Å². The fourth-order valence-electron chi connectivity index (χ4n) is 2.88. The van der Waals surface area contributed by atoms with E-state index in [0.29, 0.717) is 11.4 Å². The molecule has 0 aliphatic heterocycles. The second-order valence-corrected chi connectivity index (χ2v) is 7.10. The number of nitrogens with zero attached hydrogens (tertiary/aromatic N) is 3. The molecular weight excluding hydrogens is 427 g/mol. The molecule has 0 radical (unpaired) electrons. The lowest BCUT2D eigenvalue weighted by molar-refractivity contribution is -0.119. The van der Waals surface area contributed by atoms with E-state index in [9.17, 15) is 14.9 Å². The zero-order valence-corrected chi connectivity index (χ0v) is 17.6. The lowest BCUT2D eigenvalue weighted by atomic mass is 10.2. The average Bonchev–Trinajstić information content (AvgIpc) is 2.98. The highest BCUT2D eigenvalue weighted by atomic mass is 35.5. The highest BCUT2D eigenvalue weighted by Crippen LogP contribution is 2.29. The van der Waals surface area contributed by atoms with Crippen LogP contribution in [0.3, 0.4) is 0 Å². The van der Waals surface area contributed by atoms with Gasteiger partial charge in [-0.15, -0.1) is 0 Å². The first-order chi connectivity index (χ1) is 14.3. The van der Waals surface area contributed by atoms with Crippen molar-refractivity contribution in [1.29, 1.82) is 5.26 Å². The van der Waals surface area contributed by atoms with E-state index < -0.39 is 18.5 Å². The van der Waals surface area contributed by atoms with Crippen LogP contribution >= 0.6 is 23.2 Å². The number of rotatable bonds is 5. The summed E-state index contributed by atoms with van der Waals surface area (Å²) in [6, 6.07) is 12.7. The van der Waals surface area contributed by atoms with Gasteiger partial charge in [-0.3, -0.25) is 9.36 Å². The number of hydrogen-bond donors (Lipinski definition) is 1. The molecule has 0 saturated heterocycles. The Kier molecular flexibility index (Phi) is 6.40. The van der Waals surface area contributed by atoms with Gasteiger partial charge in [0.25, 0.3) is 5.91 Å². The van der Waals surface area contributed by atoms with Gasteiger partial charge < -0.3 is 10.1 Å². The molecule has 0 saturated carbocycles. The number of amides is 1. The van der Waals surface area contributed by atoms with E-state index in [4.69, 9.17) is 27.9 Å². The summed E-state index contributed by atoms with van der Waals surface area (Å²) >= 11 is 11.6.